The van der Waals surface area contributed by atoms with Crippen LogP contribution < -0.4 is 5.32 Å². The number of carbonyl (C=O) groups excluding carboxylic acids is 1. The summed E-state index contributed by atoms with van der Waals surface area (Å²) in [6, 6.07) is 14.8. The van der Waals surface area contributed by atoms with Gasteiger partial charge < -0.3 is 5.32 Å². The van der Waals surface area contributed by atoms with E-state index in [0.29, 0.717) is 29.1 Å². The van der Waals surface area contributed by atoms with Gasteiger partial charge in [0.1, 0.15) is 0 Å². The van der Waals surface area contributed by atoms with Gasteiger partial charge in [0.2, 0.25) is 5.91 Å². The number of carbonyl (C=O) groups is 1. The molecule has 1 N–H and O–H groups in total. The molecule has 21 heavy (non-hydrogen) atoms. The number of aryl methyl sites for hydroxylation is 2. The molecule has 0 aromatic heterocycles. The monoisotopic (exact) mass is 298 g/mol. The van der Waals surface area contributed by atoms with Crippen LogP contribution >= 0.6 is 11.6 Å². The number of amides is 1. The lowest BCUT2D eigenvalue weighted by Crippen LogP contribution is -2.13. The Morgan fingerprint density at radius 3 is 2.76 bits per heavy atom. The van der Waals surface area contributed by atoms with Crippen LogP contribution in [0.2, 0.25) is 5.02 Å². The molecule has 3 nitrogen and oxygen atoms in total. The Kier molecular flexibility index (Phi) is 4.97. The second kappa shape index (κ2) is 6.92. The zero-order valence-electron chi connectivity index (χ0n) is 11.7. The molecule has 0 aliphatic heterocycles. The second-order valence-electron chi connectivity index (χ2n) is 4.78. The molecule has 2 aromatic rings. The summed E-state index contributed by atoms with van der Waals surface area (Å²) in [4.78, 5) is 12.0. The predicted molar refractivity (Wildman–Crippen MR) is 84.3 cm³/mol. The first-order valence-corrected chi connectivity index (χ1v) is 7.02. The number of rotatable bonds is 4. The van der Waals surface area contributed by atoms with Crippen LogP contribution in [0.15, 0.2) is 42.5 Å². The van der Waals surface area contributed by atoms with Crippen LogP contribution in [-0.4, -0.2) is 5.91 Å². The molecule has 0 heterocycles. The Morgan fingerprint density at radius 1 is 1.29 bits per heavy atom. The van der Waals surface area contributed by atoms with Gasteiger partial charge in [0.15, 0.2) is 0 Å². The minimum absolute atomic E-state index is 0.116. The molecule has 0 unspecified atom stereocenters. The van der Waals surface area contributed by atoms with Crippen molar-refractivity contribution in [3.05, 3.63) is 64.2 Å². The number of nitrogens with one attached hydrogen (secondary N) is 1. The Morgan fingerprint density at radius 2 is 2.05 bits per heavy atom. The van der Waals surface area contributed by atoms with Gasteiger partial charge in [-0.25, -0.2) is 0 Å². The van der Waals surface area contributed by atoms with Crippen LogP contribution in [0.3, 0.4) is 0 Å². The highest BCUT2D eigenvalue weighted by Gasteiger charge is 2.08. The lowest BCUT2D eigenvalue weighted by Gasteiger charge is -2.08. The molecule has 106 valence electrons. The maximum Gasteiger partial charge on any atom is 0.224 e. The van der Waals surface area contributed by atoms with Gasteiger partial charge in [-0.1, -0.05) is 35.9 Å². The van der Waals surface area contributed by atoms with Gasteiger partial charge >= 0.3 is 0 Å². The highest BCUT2D eigenvalue weighted by atomic mass is 35.5. The molecule has 1 amide bonds. The summed E-state index contributed by atoms with van der Waals surface area (Å²) in [6.45, 7) is 2.03. The summed E-state index contributed by atoms with van der Waals surface area (Å²) >= 11 is 6.02. The van der Waals surface area contributed by atoms with Crippen LogP contribution in [0.4, 0.5) is 5.69 Å². The van der Waals surface area contributed by atoms with E-state index in [1.54, 1.807) is 18.2 Å². The molecule has 0 aliphatic carbocycles. The van der Waals surface area contributed by atoms with Crippen molar-refractivity contribution in [2.24, 2.45) is 0 Å². The molecule has 0 atom stereocenters. The van der Waals surface area contributed by atoms with Gasteiger partial charge in [0, 0.05) is 6.42 Å². The highest BCUT2D eigenvalue weighted by molar-refractivity contribution is 6.33. The van der Waals surface area contributed by atoms with Crippen molar-refractivity contribution in [3.8, 4) is 6.07 Å². The Hall–Kier alpha value is -2.31. The number of anilines is 1. The number of benzene rings is 2. The van der Waals surface area contributed by atoms with E-state index >= 15 is 0 Å². The van der Waals surface area contributed by atoms with Gasteiger partial charge in [0.25, 0.3) is 0 Å². The average Bonchev–Trinajstić information content (AvgIpc) is 2.48. The van der Waals surface area contributed by atoms with Crippen molar-refractivity contribution in [1.82, 2.24) is 0 Å². The van der Waals surface area contributed by atoms with Crippen LogP contribution in [0.5, 0.6) is 0 Å². The van der Waals surface area contributed by atoms with Crippen molar-refractivity contribution in [1.29, 1.82) is 5.26 Å². The van der Waals surface area contributed by atoms with E-state index in [1.165, 1.54) is 5.56 Å². The number of hydrogen-bond acceptors (Lipinski definition) is 2. The number of hydrogen-bond donors (Lipinski definition) is 1. The molecule has 0 saturated carbocycles. The highest BCUT2D eigenvalue weighted by Crippen LogP contribution is 2.23. The van der Waals surface area contributed by atoms with Crippen molar-refractivity contribution in [3.63, 3.8) is 0 Å². The molecule has 0 radical (unpaired) electrons. The minimum atomic E-state index is -0.116. The van der Waals surface area contributed by atoms with Crippen molar-refractivity contribution in [2.45, 2.75) is 19.8 Å². The van der Waals surface area contributed by atoms with Crippen LogP contribution in [-0.2, 0) is 11.2 Å². The Bertz CT molecular complexity index is 704. The fourth-order valence-corrected chi connectivity index (χ4v) is 2.21. The Labute approximate surface area is 129 Å². The van der Waals surface area contributed by atoms with E-state index in [1.807, 2.05) is 37.3 Å². The van der Waals surface area contributed by atoms with Gasteiger partial charge in [0.05, 0.1) is 22.3 Å². The first-order valence-electron chi connectivity index (χ1n) is 6.64. The SMILES string of the molecule is Cc1ccccc1CCC(=O)Nc1cc(C#N)ccc1Cl. The topological polar surface area (TPSA) is 52.9 Å². The molecule has 4 heteroatoms. The van der Waals surface area contributed by atoms with Crippen LogP contribution in [0.1, 0.15) is 23.1 Å². The summed E-state index contributed by atoms with van der Waals surface area (Å²) in [5, 5.41) is 12.0. The maximum atomic E-state index is 12.0. The van der Waals surface area contributed by atoms with E-state index in [9.17, 15) is 4.79 Å². The van der Waals surface area contributed by atoms with Gasteiger partial charge in [-0.15, -0.1) is 0 Å². The number of halogens is 1. The summed E-state index contributed by atoms with van der Waals surface area (Å²) in [5.41, 5.74) is 3.28. The number of nitriles is 1. The van der Waals surface area contributed by atoms with E-state index in [0.717, 1.165) is 5.56 Å². The normalized spacial score (nSPS) is 9.95. The molecule has 0 spiro atoms. The summed E-state index contributed by atoms with van der Waals surface area (Å²) in [6.07, 6.45) is 1.05. The van der Waals surface area contributed by atoms with Crippen molar-refractivity contribution in [2.75, 3.05) is 5.32 Å². The molecular formula is C17H15ClN2O. The lowest BCUT2D eigenvalue weighted by molar-refractivity contribution is -0.116. The molecule has 2 aromatic carbocycles. The van der Waals surface area contributed by atoms with Gasteiger partial charge in [-0.05, 0) is 42.7 Å². The standard InChI is InChI=1S/C17H15ClN2O/c1-12-4-2-3-5-14(12)7-9-17(21)20-16-10-13(11-19)6-8-15(16)18/h2-6,8,10H,7,9H2,1H3,(H,20,21). The van der Waals surface area contributed by atoms with E-state index in [2.05, 4.69) is 5.32 Å². The minimum Gasteiger partial charge on any atom is -0.325 e. The molecule has 0 aliphatic rings. The lowest BCUT2D eigenvalue weighted by atomic mass is 10.0. The van der Waals surface area contributed by atoms with Crippen LogP contribution in [0.25, 0.3) is 0 Å². The first kappa shape index (κ1) is 15.1. The molecule has 2 rings (SSSR count). The summed E-state index contributed by atoms with van der Waals surface area (Å²) < 4.78 is 0. The molecule has 0 saturated heterocycles. The van der Waals surface area contributed by atoms with E-state index in [-0.39, 0.29) is 5.91 Å². The maximum absolute atomic E-state index is 12.0. The fourth-order valence-electron chi connectivity index (χ4n) is 2.04. The third kappa shape index (κ3) is 4.08. The summed E-state index contributed by atoms with van der Waals surface area (Å²) in [7, 11) is 0. The molecular weight excluding hydrogens is 284 g/mol. The zero-order chi connectivity index (χ0) is 15.2. The smallest absolute Gasteiger partial charge is 0.224 e. The quantitative estimate of drug-likeness (QED) is 0.924. The van der Waals surface area contributed by atoms with Gasteiger partial charge in [-0.3, -0.25) is 4.79 Å². The zero-order valence-corrected chi connectivity index (χ0v) is 12.4. The first-order chi connectivity index (χ1) is 10.1. The molecule has 0 bridgehead atoms. The van der Waals surface area contributed by atoms with E-state index in [4.69, 9.17) is 16.9 Å². The van der Waals surface area contributed by atoms with Gasteiger partial charge in [-0.2, -0.15) is 5.26 Å². The van der Waals surface area contributed by atoms with Crippen molar-refractivity contribution < 1.29 is 4.79 Å². The van der Waals surface area contributed by atoms with E-state index < -0.39 is 0 Å². The Balaban J connectivity index is 2.00. The third-order valence-corrected chi connectivity index (χ3v) is 3.58. The fraction of sp³-hybridized carbons (Fsp3) is 0.176. The third-order valence-electron chi connectivity index (χ3n) is 3.25. The number of nitrogens with zero attached hydrogens (tertiary/aromatic N) is 1. The summed E-state index contributed by atoms with van der Waals surface area (Å²) in [5.74, 6) is -0.116. The van der Waals surface area contributed by atoms with Crippen LogP contribution in [0, 0.1) is 18.3 Å². The average molecular weight is 299 g/mol. The molecule has 0 fully saturated rings. The van der Waals surface area contributed by atoms with Crippen molar-refractivity contribution >= 4 is 23.2 Å². The predicted octanol–water partition coefficient (Wildman–Crippen LogP) is 4.09. The largest absolute Gasteiger partial charge is 0.325 e. The second-order valence-corrected chi connectivity index (χ2v) is 5.19.